The molecule has 1 fully saturated rings. The van der Waals surface area contributed by atoms with E-state index in [1.807, 2.05) is 0 Å². The van der Waals surface area contributed by atoms with Crippen LogP contribution in [0.15, 0.2) is 0 Å². The van der Waals surface area contributed by atoms with Gasteiger partial charge in [-0.3, -0.25) is 9.59 Å². The highest BCUT2D eigenvalue weighted by Gasteiger charge is 2.35. The number of carbonyl (C=O) groups is 2. The minimum absolute atomic E-state index is 0.106. The number of aliphatic hydroxyl groups excluding tert-OH is 1. The molecule has 6 heteroatoms. The van der Waals surface area contributed by atoms with E-state index < -0.39 is 29.6 Å². The summed E-state index contributed by atoms with van der Waals surface area (Å²) in [6.45, 7) is 3.56. The molecule has 1 amide bonds. The summed E-state index contributed by atoms with van der Waals surface area (Å²) in [7, 11) is 0. The SMILES string of the molecule is CCCCC[C@@H](O)CC(=O)O[C@@H](C)C(=O)NC1(C#N)CCCCC1. The zero-order valence-electron chi connectivity index (χ0n) is 14.8. The Kier molecular flexibility index (Phi) is 8.77. The summed E-state index contributed by atoms with van der Waals surface area (Å²) in [5.74, 6) is -1.04. The first-order chi connectivity index (χ1) is 11.4. The van der Waals surface area contributed by atoms with Crippen molar-refractivity contribution in [2.24, 2.45) is 0 Å². The Morgan fingerprint density at radius 3 is 2.54 bits per heavy atom. The second kappa shape index (κ2) is 10.3. The van der Waals surface area contributed by atoms with Crippen LogP contribution in [0.2, 0.25) is 0 Å². The first kappa shape index (κ1) is 20.4. The molecule has 0 saturated heterocycles. The Morgan fingerprint density at radius 1 is 1.29 bits per heavy atom. The standard InChI is InChI=1S/C18H30N2O4/c1-3-4-6-9-15(21)12-16(22)24-14(2)17(23)20-18(13-19)10-7-5-8-11-18/h14-15,21H,3-12H2,1-2H3,(H,20,23)/t14-,15+/m0/s1. The number of hydrogen-bond donors (Lipinski definition) is 2. The Balaban J connectivity index is 2.40. The maximum atomic E-state index is 12.2. The fourth-order valence-corrected chi connectivity index (χ4v) is 2.98. The second-order valence-corrected chi connectivity index (χ2v) is 6.73. The fourth-order valence-electron chi connectivity index (χ4n) is 2.98. The molecule has 1 aliphatic carbocycles. The first-order valence-corrected chi connectivity index (χ1v) is 9.03. The number of rotatable bonds is 9. The van der Waals surface area contributed by atoms with Crippen LogP contribution in [0.25, 0.3) is 0 Å². The molecule has 1 rings (SSSR count). The normalized spacial score (nSPS) is 18.9. The molecule has 0 aromatic rings. The van der Waals surface area contributed by atoms with Crippen molar-refractivity contribution in [3.63, 3.8) is 0 Å². The number of aliphatic hydroxyl groups is 1. The third-order valence-corrected chi connectivity index (χ3v) is 4.50. The van der Waals surface area contributed by atoms with Crippen LogP contribution >= 0.6 is 0 Å². The first-order valence-electron chi connectivity index (χ1n) is 9.03. The molecule has 6 nitrogen and oxygen atoms in total. The number of esters is 1. The van der Waals surface area contributed by atoms with Crippen LogP contribution in [0.3, 0.4) is 0 Å². The minimum atomic E-state index is -0.965. The molecule has 136 valence electrons. The van der Waals surface area contributed by atoms with Gasteiger partial charge in [0.15, 0.2) is 6.10 Å². The van der Waals surface area contributed by atoms with Crippen molar-refractivity contribution >= 4 is 11.9 Å². The average Bonchev–Trinajstić information content (AvgIpc) is 2.55. The molecule has 0 aromatic carbocycles. The van der Waals surface area contributed by atoms with Crippen molar-refractivity contribution in [2.45, 2.75) is 95.8 Å². The molecule has 0 unspecified atom stereocenters. The summed E-state index contributed by atoms with van der Waals surface area (Å²) in [5.41, 5.74) is -0.838. The molecule has 1 aliphatic rings. The molecular weight excluding hydrogens is 308 g/mol. The van der Waals surface area contributed by atoms with Crippen molar-refractivity contribution < 1.29 is 19.4 Å². The lowest BCUT2D eigenvalue weighted by molar-refractivity contribution is -0.157. The molecule has 0 aliphatic heterocycles. The van der Waals surface area contributed by atoms with Crippen LogP contribution in [0.4, 0.5) is 0 Å². The average molecular weight is 338 g/mol. The number of amides is 1. The monoisotopic (exact) mass is 338 g/mol. The van der Waals surface area contributed by atoms with Crippen LogP contribution in [0.5, 0.6) is 0 Å². The summed E-state index contributed by atoms with van der Waals surface area (Å²) in [5, 5.41) is 21.9. The summed E-state index contributed by atoms with van der Waals surface area (Å²) < 4.78 is 5.10. The number of unbranched alkanes of at least 4 members (excludes halogenated alkanes) is 2. The maximum absolute atomic E-state index is 12.2. The largest absolute Gasteiger partial charge is 0.452 e. The van der Waals surface area contributed by atoms with Gasteiger partial charge in [0.2, 0.25) is 0 Å². The topological polar surface area (TPSA) is 99.4 Å². The zero-order valence-corrected chi connectivity index (χ0v) is 14.8. The zero-order chi connectivity index (χ0) is 18.0. The van der Waals surface area contributed by atoms with E-state index in [4.69, 9.17) is 4.74 Å². The fraction of sp³-hybridized carbons (Fsp3) is 0.833. The predicted octanol–water partition coefficient (Wildman–Crippen LogP) is 2.59. The van der Waals surface area contributed by atoms with E-state index in [0.717, 1.165) is 38.5 Å². The summed E-state index contributed by atoms with van der Waals surface area (Å²) >= 11 is 0. The highest BCUT2D eigenvalue weighted by atomic mass is 16.5. The number of nitriles is 1. The summed E-state index contributed by atoms with van der Waals surface area (Å²) in [4.78, 5) is 24.0. The molecule has 2 atom stereocenters. The smallest absolute Gasteiger partial charge is 0.309 e. The lowest BCUT2D eigenvalue weighted by Crippen LogP contribution is -2.52. The third kappa shape index (κ3) is 6.88. The summed E-state index contributed by atoms with van der Waals surface area (Å²) in [6, 6.07) is 2.20. The molecule has 0 heterocycles. The van der Waals surface area contributed by atoms with Crippen LogP contribution in [-0.2, 0) is 14.3 Å². The van der Waals surface area contributed by atoms with Crippen molar-refractivity contribution in [2.75, 3.05) is 0 Å². The molecule has 0 spiro atoms. The van der Waals surface area contributed by atoms with E-state index in [9.17, 15) is 20.0 Å². The molecule has 2 N–H and O–H groups in total. The van der Waals surface area contributed by atoms with Crippen molar-refractivity contribution in [1.29, 1.82) is 5.26 Å². The van der Waals surface area contributed by atoms with Crippen molar-refractivity contribution in [3.8, 4) is 6.07 Å². The van der Waals surface area contributed by atoms with E-state index in [-0.39, 0.29) is 6.42 Å². The summed E-state index contributed by atoms with van der Waals surface area (Å²) in [6.07, 6.45) is 5.83. The number of carbonyl (C=O) groups excluding carboxylic acids is 2. The molecular formula is C18H30N2O4. The van der Waals surface area contributed by atoms with Gasteiger partial charge in [0.05, 0.1) is 18.6 Å². The van der Waals surface area contributed by atoms with E-state index in [2.05, 4.69) is 18.3 Å². The lowest BCUT2D eigenvalue weighted by Gasteiger charge is -2.32. The quantitative estimate of drug-likeness (QED) is 0.497. The number of nitrogens with one attached hydrogen (secondary N) is 1. The Labute approximate surface area is 144 Å². The van der Waals surface area contributed by atoms with Gasteiger partial charge in [-0.15, -0.1) is 0 Å². The van der Waals surface area contributed by atoms with Crippen LogP contribution in [0, 0.1) is 11.3 Å². The van der Waals surface area contributed by atoms with Crippen LogP contribution in [-0.4, -0.2) is 34.7 Å². The van der Waals surface area contributed by atoms with Gasteiger partial charge >= 0.3 is 5.97 Å². The molecule has 0 radical (unpaired) electrons. The third-order valence-electron chi connectivity index (χ3n) is 4.50. The van der Waals surface area contributed by atoms with Gasteiger partial charge < -0.3 is 15.2 Å². The van der Waals surface area contributed by atoms with Gasteiger partial charge in [-0.1, -0.05) is 45.4 Å². The number of ether oxygens (including phenoxy) is 1. The maximum Gasteiger partial charge on any atom is 0.309 e. The van der Waals surface area contributed by atoms with Gasteiger partial charge in [-0.2, -0.15) is 5.26 Å². The predicted molar refractivity (Wildman–Crippen MR) is 89.9 cm³/mol. The van der Waals surface area contributed by atoms with E-state index in [1.54, 1.807) is 0 Å². The van der Waals surface area contributed by atoms with E-state index in [1.165, 1.54) is 6.92 Å². The molecule has 24 heavy (non-hydrogen) atoms. The van der Waals surface area contributed by atoms with Gasteiger partial charge in [-0.05, 0) is 26.2 Å². The Morgan fingerprint density at radius 2 is 1.96 bits per heavy atom. The Hall–Kier alpha value is -1.61. The van der Waals surface area contributed by atoms with Crippen LogP contribution < -0.4 is 5.32 Å². The van der Waals surface area contributed by atoms with Crippen LogP contribution in [0.1, 0.15) is 78.1 Å². The lowest BCUT2D eigenvalue weighted by atomic mass is 9.83. The van der Waals surface area contributed by atoms with Gasteiger partial charge in [0.1, 0.15) is 5.54 Å². The van der Waals surface area contributed by atoms with Gasteiger partial charge in [-0.25, -0.2) is 0 Å². The molecule has 1 saturated carbocycles. The van der Waals surface area contributed by atoms with Crippen molar-refractivity contribution in [3.05, 3.63) is 0 Å². The molecule has 0 bridgehead atoms. The van der Waals surface area contributed by atoms with E-state index >= 15 is 0 Å². The minimum Gasteiger partial charge on any atom is -0.452 e. The highest BCUT2D eigenvalue weighted by Crippen LogP contribution is 2.27. The molecule has 0 aromatic heterocycles. The number of hydrogen-bond acceptors (Lipinski definition) is 5. The Bertz CT molecular complexity index is 452. The van der Waals surface area contributed by atoms with Crippen molar-refractivity contribution in [1.82, 2.24) is 5.32 Å². The second-order valence-electron chi connectivity index (χ2n) is 6.73. The number of nitrogens with zero attached hydrogens (tertiary/aromatic N) is 1. The van der Waals surface area contributed by atoms with Gasteiger partial charge in [0.25, 0.3) is 5.91 Å². The van der Waals surface area contributed by atoms with E-state index in [0.29, 0.717) is 19.3 Å². The van der Waals surface area contributed by atoms with Gasteiger partial charge in [0, 0.05) is 0 Å². The highest BCUT2D eigenvalue weighted by molar-refractivity contribution is 5.84.